The van der Waals surface area contributed by atoms with E-state index < -0.39 is 5.97 Å². The molecule has 1 amide bonds. The Labute approximate surface area is 128 Å². The highest BCUT2D eigenvalue weighted by molar-refractivity contribution is 7.13. The van der Waals surface area contributed by atoms with Crippen molar-refractivity contribution in [2.75, 3.05) is 18.5 Å². The van der Waals surface area contributed by atoms with Gasteiger partial charge in [0.25, 0.3) is 5.91 Å². The minimum absolute atomic E-state index is 0.116. The summed E-state index contributed by atoms with van der Waals surface area (Å²) in [6, 6.07) is 0.116. The Morgan fingerprint density at radius 1 is 1.48 bits per heavy atom. The van der Waals surface area contributed by atoms with Crippen LogP contribution in [0.1, 0.15) is 37.2 Å². The normalized spacial score (nSPS) is 10.2. The Morgan fingerprint density at radius 3 is 2.81 bits per heavy atom. The number of anilines is 1. The second-order valence-electron chi connectivity index (χ2n) is 4.36. The molecule has 2 N–H and O–H groups in total. The Balaban J connectivity index is 2.41. The summed E-state index contributed by atoms with van der Waals surface area (Å²) in [5, 5.41) is 7.98. The van der Waals surface area contributed by atoms with Crippen molar-refractivity contribution in [2.24, 2.45) is 0 Å². The van der Waals surface area contributed by atoms with Crippen molar-refractivity contribution in [1.82, 2.24) is 10.3 Å². The van der Waals surface area contributed by atoms with E-state index in [1.165, 1.54) is 11.3 Å². The first-order chi connectivity index (χ1) is 10.1. The van der Waals surface area contributed by atoms with Gasteiger partial charge >= 0.3 is 5.97 Å². The van der Waals surface area contributed by atoms with Gasteiger partial charge in [0.1, 0.15) is 0 Å². The van der Waals surface area contributed by atoms with Gasteiger partial charge in [-0.15, -0.1) is 17.9 Å². The molecular formula is C14H21N3O3S. The minimum atomic E-state index is -0.599. The smallest absolute Gasteiger partial charge is 0.358 e. The molecule has 116 valence electrons. The number of nitrogens with one attached hydrogen (secondary N) is 2. The molecule has 1 heterocycles. The van der Waals surface area contributed by atoms with Crippen LogP contribution in [0.15, 0.2) is 18.0 Å². The minimum Gasteiger partial charge on any atom is -0.451 e. The highest BCUT2D eigenvalue weighted by atomic mass is 32.1. The number of hydrogen-bond acceptors (Lipinski definition) is 6. The van der Waals surface area contributed by atoms with Crippen molar-refractivity contribution < 1.29 is 14.3 Å². The van der Waals surface area contributed by atoms with E-state index in [0.717, 1.165) is 12.8 Å². The fourth-order valence-electron chi connectivity index (χ4n) is 1.58. The Morgan fingerprint density at radius 2 is 2.19 bits per heavy atom. The van der Waals surface area contributed by atoms with Crippen molar-refractivity contribution in [3.8, 4) is 0 Å². The lowest BCUT2D eigenvalue weighted by Gasteiger charge is -2.14. The quantitative estimate of drug-likeness (QED) is 0.540. The molecule has 0 aliphatic heterocycles. The molecule has 6 nitrogen and oxygen atoms in total. The van der Waals surface area contributed by atoms with Crippen molar-refractivity contribution in [3.63, 3.8) is 0 Å². The van der Waals surface area contributed by atoms with Crippen LogP contribution in [0.25, 0.3) is 0 Å². The Kier molecular flexibility index (Phi) is 7.45. The van der Waals surface area contributed by atoms with Crippen LogP contribution >= 0.6 is 11.3 Å². The summed E-state index contributed by atoms with van der Waals surface area (Å²) >= 11 is 1.30. The molecule has 0 aromatic carbocycles. The third kappa shape index (κ3) is 5.95. The predicted octanol–water partition coefficient (Wildman–Crippen LogP) is 2.20. The zero-order valence-corrected chi connectivity index (χ0v) is 13.2. The maximum atomic E-state index is 11.8. The number of thiazole rings is 1. The monoisotopic (exact) mass is 311 g/mol. The van der Waals surface area contributed by atoms with E-state index in [9.17, 15) is 9.59 Å². The van der Waals surface area contributed by atoms with Crippen molar-refractivity contribution >= 4 is 28.3 Å². The van der Waals surface area contributed by atoms with E-state index >= 15 is 0 Å². The van der Waals surface area contributed by atoms with E-state index in [-0.39, 0.29) is 24.2 Å². The average Bonchev–Trinajstić information content (AvgIpc) is 2.97. The maximum Gasteiger partial charge on any atom is 0.358 e. The molecule has 0 bridgehead atoms. The molecule has 0 saturated carbocycles. The van der Waals surface area contributed by atoms with Gasteiger partial charge < -0.3 is 15.4 Å². The average molecular weight is 311 g/mol. The Hall–Kier alpha value is -1.89. The first kappa shape index (κ1) is 17.2. The molecule has 0 fully saturated rings. The maximum absolute atomic E-state index is 11.8. The van der Waals surface area contributed by atoms with Gasteiger partial charge in [-0.3, -0.25) is 4.79 Å². The first-order valence-electron chi connectivity index (χ1n) is 6.87. The molecule has 0 aliphatic rings. The predicted molar refractivity (Wildman–Crippen MR) is 83.6 cm³/mol. The van der Waals surface area contributed by atoms with Crippen molar-refractivity contribution in [3.05, 3.63) is 23.7 Å². The number of aromatic nitrogens is 1. The van der Waals surface area contributed by atoms with Crippen LogP contribution in [-0.4, -0.2) is 36.1 Å². The van der Waals surface area contributed by atoms with Crippen LogP contribution in [-0.2, 0) is 9.53 Å². The first-order valence-corrected chi connectivity index (χ1v) is 7.75. The van der Waals surface area contributed by atoms with Crippen LogP contribution in [0.5, 0.6) is 0 Å². The van der Waals surface area contributed by atoms with Gasteiger partial charge in [-0.1, -0.05) is 19.9 Å². The molecule has 1 aromatic rings. The van der Waals surface area contributed by atoms with E-state index in [1.807, 2.05) is 13.8 Å². The molecule has 0 aliphatic carbocycles. The second kappa shape index (κ2) is 9.12. The van der Waals surface area contributed by atoms with Crippen LogP contribution < -0.4 is 10.6 Å². The highest BCUT2D eigenvalue weighted by Crippen LogP contribution is 2.15. The SMILES string of the molecule is C=CCNc1nc(C(=O)OCC(=O)NC(CC)CC)cs1. The highest BCUT2D eigenvalue weighted by Gasteiger charge is 2.15. The van der Waals surface area contributed by atoms with Crippen LogP contribution in [0.3, 0.4) is 0 Å². The number of carbonyl (C=O) groups excluding carboxylic acids is 2. The fourth-order valence-corrected chi connectivity index (χ4v) is 2.27. The zero-order valence-electron chi connectivity index (χ0n) is 12.3. The molecule has 0 saturated heterocycles. The van der Waals surface area contributed by atoms with Gasteiger partial charge in [0.05, 0.1) is 0 Å². The standard InChI is InChI=1S/C14H21N3O3S/c1-4-7-15-14-17-11(9-21-14)13(19)20-8-12(18)16-10(5-2)6-3/h4,9-10H,1,5-8H2,2-3H3,(H,15,17)(H,16,18). The fraction of sp³-hybridized carbons (Fsp3) is 0.500. The van der Waals surface area contributed by atoms with E-state index in [4.69, 9.17) is 4.74 Å². The van der Waals surface area contributed by atoms with Gasteiger partial charge in [-0.05, 0) is 12.8 Å². The lowest BCUT2D eigenvalue weighted by molar-refractivity contribution is -0.125. The molecule has 0 radical (unpaired) electrons. The summed E-state index contributed by atoms with van der Waals surface area (Å²) in [4.78, 5) is 27.5. The van der Waals surface area contributed by atoms with Crippen molar-refractivity contribution in [1.29, 1.82) is 0 Å². The molecular weight excluding hydrogens is 290 g/mol. The summed E-state index contributed by atoms with van der Waals surface area (Å²) in [7, 11) is 0. The molecule has 7 heteroatoms. The molecule has 0 unspecified atom stereocenters. The number of carbonyl (C=O) groups is 2. The lowest BCUT2D eigenvalue weighted by atomic mass is 10.2. The van der Waals surface area contributed by atoms with Gasteiger partial charge in [0.15, 0.2) is 17.4 Å². The number of amides is 1. The lowest BCUT2D eigenvalue weighted by Crippen LogP contribution is -2.36. The van der Waals surface area contributed by atoms with Crippen molar-refractivity contribution in [2.45, 2.75) is 32.7 Å². The summed E-state index contributed by atoms with van der Waals surface area (Å²) in [6.45, 7) is 7.85. The molecule has 21 heavy (non-hydrogen) atoms. The number of esters is 1. The topological polar surface area (TPSA) is 80.3 Å². The van der Waals surface area contributed by atoms with Crippen LogP contribution in [0.2, 0.25) is 0 Å². The molecule has 1 rings (SSSR count). The van der Waals surface area contributed by atoms with Gasteiger partial charge in [-0.25, -0.2) is 9.78 Å². The Bertz CT molecular complexity index is 484. The van der Waals surface area contributed by atoms with Crippen LogP contribution in [0, 0.1) is 0 Å². The number of nitrogens with zero attached hydrogens (tertiary/aromatic N) is 1. The van der Waals surface area contributed by atoms with Gasteiger partial charge in [0.2, 0.25) is 0 Å². The zero-order chi connectivity index (χ0) is 15.7. The number of rotatable bonds is 9. The summed E-state index contributed by atoms with van der Waals surface area (Å²) in [5.41, 5.74) is 0.196. The third-order valence-electron chi connectivity index (χ3n) is 2.80. The molecule has 0 atom stereocenters. The van der Waals surface area contributed by atoms with Gasteiger partial charge in [0, 0.05) is 18.0 Å². The van der Waals surface area contributed by atoms with E-state index in [1.54, 1.807) is 11.5 Å². The molecule has 0 spiro atoms. The number of hydrogen-bond donors (Lipinski definition) is 2. The third-order valence-corrected chi connectivity index (χ3v) is 3.60. The van der Waals surface area contributed by atoms with Crippen LogP contribution in [0.4, 0.5) is 5.13 Å². The van der Waals surface area contributed by atoms with Gasteiger partial charge in [-0.2, -0.15) is 0 Å². The summed E-state index contributed by atoms with van der Waals surface area (Å²) in [5.74, 6) is -0.894. The molecule has 1 aromatic heterocycles. The largest absolute Gasteiger partial charge is 0.451 e. The number of ether oxygens (including phenoxy) is 1. The summed E-state index contributed by atoms with van der Waals surface area (Å²) < 4.78 is 4.94. The summed E-state index contributed by atoms with van der Waals surface area (Å²) in [6.07, 6.45) is 3.39. The van der Waals surface area contributed by atoms with E-state index in [2.05, 4.69) is 22.2 Å². The van der Waals surface area contributed by atoms with E-state index in [0.29, 0.717) is 11.7 Å². The second-order valence-corrected chi connectivity index (χ2v) is 5.22.